The SMILES string of the molecule is CSC(C)CNS(=O)(=O)c1cc(Br)cc(CN)c1F. The Bertz CT molecular complexity index is 552. The fourth-order valence-corrected chi connectivity index (χ4v) is 3.64. The molecular formula is C11H16BrFN2O2S2. The number of hydrogen-bond acceptors (Lipinski definition) is 4. The quantitative estimate of drug-likeness (QED) is 0.803. The number of rotatable bonds is 6. The van der Waals surface area contributed by atoms with E-state index >= 15 is 0 Å². The van der Waals surface area contributed by atoms with Crippen molar-refractivity contribution in [1.82, 2.24) is 4.72 Å². The molecule has 0 fully saturated rings. The summed E-state index contributed by atoms with van der Waals surface area (Å²) in [5.41, 5.74) is 5.56. The zero-order valence-electron chi connectivity index (χ0n) is 10.6. The zero-order valence-corrected chi connectivity index (χ0v) is 13.8. The Labute approximate surface area is 125 Å². The van der Waals surface area contributed by atoms with Crippen LogP contribution in [-0.4, -0.2) is 26.5 Å². The second-order valence-corrected chi connectivity index (χ2v) is 7.91. The molecule has 0 amide bonds. The number of nitrogens with one attached hydrogen (secondary N) is 1. The lowest BCUT2D eigenvalue weighted by Crippen LogP contribution is -2.30. The van der Waals surface area contributed by atoms with Crippen molar-refractivity contribution in [3.8, 4) is 0 Å². The summed E-state index contributed by atoms with van der Waals surface area (Å²) >= 11 is 4.68. The van der Waals surface area contributed by atoms with Gasteiger partial charge in [-0.15, -0.1) is 0 Å². The van der Waals surface area contributed by atoms with Crippen LogP contribution < -0.4 is 10.5 Å². The third kappa shape index (κ3) is 4.42. The van der Waals surface area contributed by atoms with E-state index in [0.717, 1.165) is 0 Å². The number of hydrogen-bond donors (Lipinski definition) is 2. The van der Waals surface area contributed by atoms with Crippen LogP contribution in [0.2, 0.25) is 0 Å². The van der Waals surface area contributed by atoms with Gasteiger partial charge in [0.1, 0.15) is 10.7 Å². The van der Waals surface area contributed by atoms with Crippen molar-refractivity contribution in [3.63, 3.8) is 0 Å². The van der Waals surface area contributed by atoms with Crippen LogP contribution in [0.15, 0.2) is 21.5 Å². The zero-order chi connectivity index (χ0) is 14.6. The number of sulfonamides is 1. The maximum atomic E-state index is 14.0. The Hall–Kier alpha value is -0.150. The molecular weight excluding hydrogens is 355 g/mol. The Morgan fingerprint density at radius 1 is 1.53 bits per heavy atom. The standard InChI is InChI=1S/C11H16BrFN2O2S2/c1-7(18-2)6-15-19(16,17)10-4-9(12)3-8(5-14)11(10)13/h3-4,7,15H,5-6,14H2,1-2H3. The van der Waals surface area contributed by atoms with E-state index in [0.29, 0.717) is 4.47 Å². The van der Waals surface area contributed by atoms with E-state index in [4.69, 9.17) is 5.73 Å². The second-order valence-electron chi connectivity index (χ2n) is 3.98. The molecule has 0 bridgehead atoms. The average molecular weight is 371 g/mol. The Kier molecular flexibility index (Phi) is 6.25. The van der Waals surface area contributed by atoms with Gasteiger partial charge in [-0.2, -0.15) is 11.8 Å². The van der Waals surface area contributed by atoms with Gasteiger partial charge in [0.2, 0.25) is 10.0 Å². The summed E-state index contributed by atoms with van der Waals surface area (Å²) in [7, 11) is -3.88. The first-order chi connectivity index (χ1) is 8.81. The van der Waals surface area contributed by atoms with E-state index in [1.807, 2.05) is 13.2 Å². The average Bonchev–Trinajstić information content (AvgIpc) is 2.38. The van der Waals surface area contributed by atoms with Crippen LogP contribution in [0.4, 0.5) is 4.39 Å². The van der Waals surface area contributed by atoms with Gasteiger partial charge in [0.05, 0.1) is 0 Å². The van der Waals surface area contributed by atoms with Gasteiger partial charge in [0.25, 0.3) is 0 Å². The summed E-state index contributed by atoms with van der Waals surface area (Å²) in [6, 6.07) is 2.71. The minimum atomic E-state index is -3.88. The van der Waals surface area contributed by atoms with Crippen molar-refractivity contribution in [2.45, 2.75) is 23.6 Å². The smallest absolute Gasteiger partial charge is 0.243 e. The summed E-state index contributed by atoms with van der Waals surface area (Å²) in [6.45, 7) is 2.07. The molecule has 3 N–H and O–H groups in total. The highest BCUT2D eigenvalue weighted by atomic mass is 79.9. The fourth-order valence-electron chi connectivity index (χ4n) is 1.35. The van der Waals surface area contributed by atoms with Crippen LogP contribution in [0, 0.1) is 5.82 Å². The Balaban J connectivity index is 3.11. The topological polar surface area (TPSA) is 72.2 Å². The van der Waals surface area contributed by atoms with E-state index in [9.17, 15) is 12.8 Å². The number of nitrogens with two attached hydrogens (primary N) is 1. The van der Waals surface area contributed by atoms with Crippen LogP contribution in [0.1, 0.15) is 12.5 Å². The number of halogens is 2. The second kappa shape index (κ2) is 7.03. The lowest BCUT2D eigenvalue weighted by Gasteiger charge is -2.13. The lowest BCUT2D eigenvalue weighted by molar-refractivity contribution is 0.549. The predicted molar refractivity (Wildman–Crippen MR) is 80.2 cm³/mol. The molecule has 0 aliphatic heterocycles. The fraction of sp³-hybridized carbons (Fsp3) is 0.455. The van der Waals surface area contributed by atoms with Gasteiger partial charge in [0, 0.05) is 28.4 Å². The molecule has 1 unspecified atom stereocenters. The molecule has 108 valence electrons. The van der Waals surface area contributed by atoms with Gasteiger partial charge in [-0.05, 0) is 18.4 Å². The van der Waals surface area contributed by atoms with Crippen LogP contribution in [0.25, 0.3) is 0 Å². The van der Waals surface area contributed by atoms with Gasteiger partial charge >= 0.3 is 0 Å². The van der Waals surface area contributed by atoms with E-state index in [1.165, 1.54) is 23.9 Å². The van der Waals surface area contributed by atoms with E-state index in [-0.39, 0.29) is 28.8 Å². The number of benzene rings is 1. The van der Waals surface area contributed by atoms with Crippen LogP contribution in [0.3, 0.4) is 0 Å². The third-order valence-corrected chi connectivity index (χ3v) is 5.40. The highest BCUT2D eigenvalue weighted by Crippen LogP contribution is 2.24. The molecule has 0 aromatic heterocycles. The van der Waals surface area contributed by atoms with Crippen molar-refractivity contribution < 1.29 is 12.8 Å². The maximum absolute atomic E-state index is 14.0. The first kappa shape index (κ1) is 16.9. The number of thioether (sulfide) groups is 1. The summed E-state index contributed by atoms with van der Waals surface area (Å²) in [4.78, 5) is -0.379. The van der Waals surface area contributed by atoms with Gasteiger partial charge in [0.15, 0.2) is 0 Å². The Morgan fingerprint density at radius 2 is 2.16 bits per heavy atom. The normalized spacial score (nSPS) is 13.5. The highest BCUT2D eigenvalue weighted by Gasteiger charge is 2.22. The van der Waals surface area contributed by atoms with Gasteiger partial charge in [-0.25, -0.2) is 17.5 Å². The molecule has 0 aliphatic carbocycles. The molecule has 0 spiro atoms. The van der Waals surface area contributed by atoms with E-state index in [1.54, 1.807) is 0 Å². The molecule has 1 aromatic carbocycles. The van der Waals surface area contributed by atoms with Gasteiger partial charge < -0.3 is 5.73 Å². The molecule has 19 heavy (non-hydrogen) atoms. The molecule has 0 aliphatic rings. The van der Waals surface area contributed by atoms with Crippen molar-refractivity contribution in [3.05, 3.63) is 28.0 Å². The highest BCUT2D eigenvalue weighted by molar-refractivity contribution is 9.10. The summed E-state index contributed by atoms with van der Waals surface area (Å²) < 4.78 is 41.0. The first-order valence-electron chi connectivity index (χ1n) is 5.52. The molecule has 0 saturated carbocycles. The first-order valence-corrected chi connectivity index (χ1v) is 9.08. The molecule has 4 nitrogen and oxygen atoms in total. The third-order valence-electron chi connectivity index (χ3n) is 2.55. The molecule has 0 radical (unpaired) electrons. The van der Waals surface area contributed by atoms with Gasteiger partial charge in [-0.3, -0.25) is 0 Å². The summed E-state index contributed by atoms with van der Waals surface area (Å²) in [6.07, 6.45) is 1.88. The minimum absolute atomic E-state index is 0.0605. The molecule has 1 rings (SSSR count). The molecule has 1 atom stereocenters. The van der Waals surface area contributed by atoms with Gasteiger partial charge in [-0.1, -0.05) is 22.9 Å². The molecule has 8 heteroatoms. The van der Waals surface area contributed by atoms with E-state index < -0.39 is 15.8 Å². The largest absolute Gasteiger partial charge is 0.326 e. The lowest BCUT2D eigenvalue weighted by atomic mass is 10.2. The molecule has 0 heterocycles. The van der Waals surface area contributed by atoms with E-state index in [2.05, 4.69) is 20.7 Å². The van der Waals surface area contributed by atoms with Crippen LogP contribution in [0.5, 0.6) is 0 Å². The van der Waals surface area contributed by atoms with Crippen molar-refractivity contribution >= 4 is 37.7 Å². The summed E-state index contributed by atoms with van der Waals surface area (Å²) in [5.74, 6) is -0.796. The Morgan fingerprint density at radius 3 is 2.68 bits per heavy atom. The monoisotopic (exact) mass is 370 g/mol. The maximum Gasteiger partial charge on any atom is 0.243 e. The predicted octanol–water partition coefficient (Wildman–Crippen LogP) is 2.08. The molecule has 0 saturated heterocycles. The van der Waals surface area contributed by atoms with Crippen LogP contribution >= 0.6 is 27.7 Å². The van der Waals surface area contributed by atoms with Crippen LogP contribution in [-0.2, 0) is 16.6 Å². The minimum Gasteiger partial charge on any atom is -0.326 e. The molecule has 1 aromatic rings. The summed E-state index contributed by atoms with van der Waals surface area (Å²) in [5, 5.41) is 0.110. The van der Waals surface area contributed by atoms with Crippen molar-refractivity contribution in [2.75, 3.05) is 12.8 Å². The van der Waals surface area contributed by atoms with Crippen molar-refractivity contribution in [1.29, 1.82) is 0 Å². The van der Waals surface area contributed by atoms with Crippen molar-refractivity contribution in [2.24, 2.45) is 5.73 Å².